The molecule has 0 saturated carbocycles. The second kappa shape index (κ2) is 6.05. The van der Waals surface area contributed by atoms with Crippen LogP contribution in [0.3, 0.4) is 0 Å². The van der Waals surface area contributed by atoms with Gasteiger partial charge in [0.2, 0.25) is 0 Å². The molecule has 2 atom stereocenters. The maximum absolute atomic E-state index is 12.7. The smallest absolute Gasteiger partial charge is 0.272 e. The van der Waals surface area contributed by atoms with Crippen molar-refractivity contribution < 1.29 is 9.53 Å². The highest BCUT2D eigenvalue weighted by Gasteiger charge is 2.36. The number of aromatic amines is 1. The summed E-state index contributed by atoms with van der Waals surface area (Å²) >= 11 is 0. The minimum absolute atomic E-state index is 0.0344. The molecule has 2 aliphatic heterocycles. The van der Waals surface area contributed by atoms with Gasteiger partial charge in [0.25, 0.3) is 11.5 Å². The third-order valence-electron chi connectivity index (χ3n) is 4.99. The van der Waals surface area contributed by atoms with Crippen molar-refractivity contribution in [3.63, 3.8) is 0 Å². The van der Waals surface area contributed by atoms with Crippen LogP contribution in [0.25, 0.3) is 5.65 Å². The number of nitrogens with zero attached hydrogens (tertiary/aromatic N) is 3. The Morgan fingerprint density at radius 2 is 2.25 bits per heavy atom. The van der Waals surface area contributed by atoms with Crippen LogP contribution in [-0.2, 0) is 16.0 Å². The summed E-state index contributed by atoms with van der Waals surface area (Å²) < 4.78 is 7.01. The number of hydrogen-bond donors (Lipinski definition) is 1. The van der Waals surface area contributed by atoms with E-state index in [9.17, 15) is 9.59 Å². The lowest BCUT2D eigenvalue weighted by Gasteiger charge is -2.26. The lowest BCUT2D eigenvalue weighted by molar-refractivity contribution is -0.142. The maximum Gasteiger partial charge on any atom is 0.272 e. The van der Waals surface area contributed by atoms with Crippen LogP contribution in [0.2, 0.25) is 0 Å². The van der Waals surface area contributed by atoms with E-state index >= 15 is 0 Å². The Labute approximate surface area is 139 Å². The van der Waals surface area contributed by atoms with E-state index in [1.54, 1.807) is 6.07 Å². The van der Waals surface area contributed by atoms with Crippen LogP contribution in [0.4, 0.5) is 0 Å². The number of aryl methyl sites for hydroxylation is 1. The number of carbonyl (C=O) groups is 1. The van der Waals surface area contributed by atoms with E-state index in [4.69, 9.17) is 4.74 Å². The zero-order chi connectivity index (χ0) is 16.7. The van der Waals surface area contributed by atoms with Crippen molar-refractivity contribution in [2.75, 3.05) is 13.2 Å². The second-order valence-corrected chi connectivity index (χ2v) is 6.54. The van der Waals surface area contributed by atoms with Crippen LogP contribution < -0.4 is 5.56 Å². The second-order valence-electron chi connectivity index (χ2n) is 6.54. The van der Waals surface area contributed by atoms with Crippen LogP contribution in [0, 0.1) is 0 Å². The Morgan fingerprint density at radius 1 is 1.38 bits per heavy atom. The Hall–Kier alpha value is -2.15. The summed E-state index contributed by atoms with van der Waals surface area (Å²) in [5.41, 5.74) is 2.16. The molecule has 1 N–H and O–H groups in total. The van der Waals surface area contributed by atoms with Gasteiger partial charge in [-0.1, -0.05) is 6.92 Å². The number of nitrogens with one attached hydrogen (secondary N) is 1. The number of likely N-dealkylation sites (tertiary alicyclic amines) is 1. The highest BCUT2D eigenvalue weighted by Crippen LogP contribution is 2.33. The van der Waals surface area contributed by atoms with E-state index in [-0.39, 0.29) is 23.6 Å². The number of H-pyrrole nitrogens is 1. The molecule has 0 unspecified atom stereocenters. The van der Waals surface area contributed by atoms with Crippen LogP contribution in [0.15, 0.2) is 16.9 Å². The summed E-state index contributed by atoms with van der Waals surface area (Å²) in [4.78, 5) is 31.3. The Bertz CT molecular complexity index is 819. The van der Waals surface area contributed by atoms with E-state index in [1.807, 2.05) is 17.9 Å². The molecular weight excluding hydrogens is 308 g/mol. The van der Waals surface area contributed by atoms with Gasteiger partial charge in [-0.05, 0) is 32.1 Å². The Kier molecular flexibility index (Phi) is 3.88. The number of hydrogen-bond acceptors (Lipinski definition) is 4. The van der Waals surface area contributed by atoms with Gasteiger partial charge in [-0.15, -0.1) is 0 Å². The lowest BCUT2D eigenvalue weighted by atomic mass is 10.1. The van der Waals surface area contributed by atoms with Crippen molar-refractivity contribution >= 4 is 11.6 Å². The standard InChI is InChI=1S/C17H22N4O3/c1-2-11-9-16(22)21-15(18-11)10-12(19-21)13-5-3-7-20(13)17(23)14-6-4-8-24-14/h9-10,13-14,19H,2-8H2,1H3/t13-,14+/m0/s1. The van der Waals surface area contributed by atoms with Gasteiger partial charge in [-0.2, -0.15) is 0 Å². The first kappa shape index (κ1) is 15.4. The largest absolute Gasteiger partial charge is 0.368 e. The van der Waals surface area contributed by atoms with Gasteiger partial charge in [0.1, 0.15) is 6.10 Å². The van der Waals surface area contributed by atoms with Gasteiger partial charge in [-0.25, -0.2) is 9.50 Å². The molecule has 128 valence electrons. The molecule has 7 nitrogen and oxygen atoms in total. The van der Waals surface area contributed by atoms with Crippen molar-refractivity contribution in [1.29, 1.82) is 0 Å². The normalized spacial score (nSPS) is 24.1. The third kappa shape index (κ3) is 2.53. The van der Waals surface area contributed by atoms with Gasteiger partial charge in [-0.3, -0.25) is 14.7 Å². The summed E-state index contributed by atoms with van der Waals surface area (Å²) in [5, 5.41) is 3.14. The summed E-state index contributed by atoms with van der Waals surface area (Å²) in [6, 6.07) is 3.41. The molecule has 2 aliphatic rings. The number of amides is 1. The summed E-state index contributed by atoms with van der Waals surface area (Å²) in [6.45, 7) is 3.38. The van der Waals surface area contributed by atoms with Gasteiger partial charge in [0, 0.05) is 31.0 Å². The van der Waals surface area contributed by atoms with E-state index < -0.39 is 0 Å². The molecule has 2 saturated heterocycles. The first-order valence-electron chi connectivity index (χ1n) is 8.71. The predicted octanol–water partition coefficient (Wildman–Crippen LogP) is 1.43. The number of carbonyl (C=O) groups excluding carboxylic acids is 1. The SMILES string of the molecule is CCc1cc(=O)n2[nH]c([C@@H]3CCCN3C(=O)[C@H]3CCCO3)cc2n1. The molecule has 2 fully saturated rings. The van der Waals surface area contributed by atoms with Gasteiger partial charge >= 0.3 is 0 Å². The molecule has 2 aromatic rings. The summed E-state index contributed by atoms with van der Waals surface area (Å²) in [5.74, 6) is 0.0724. The molecule has 0 spiro atoms. The highest BCUT2D eigenvalue weighted by atomic mass is 16.5. The minimum atomic E-state index is -0.303. The topological polar surface area (TPSA) is 79.7 Å². The highest BCUT2D eigenvalue weighted by molar-refractivity contribution is 5.82. The average molecular weight is 330 g/mol. The molecule has 2 aromatic heterocycles. The molecule has 4 rings (SSSR count). The minimum Gasteiger partial charge on any atom is -0.368 e. The zero-order valence-corrected chi connectivity index (χ0v) is 13.8. The molecule has 0 radical (unpaired) electrons. The fourth-order valence-corrected chi connectivity index (χ4v) is 3.72. The molecular formula is C17H22N4O3. The maximum atomic E-state index is 12.7. The van der Waals surface area contributed by atoms with Crippen molar-refractivity contribution in [3.05, 3.63) is 33.9 Å². The molecule has 0 bridgehead atoms. The molecule has 4 heterocycles. The Morgan fingerprint density at radius 3 is 3.00 bits per heavy atom. The molecule has 24 heavy (non-hydrogen) atoms. The van der Waals surface area contributed by atoms with Crippen LogP contribution in [0.5, 0.6) is 0 Å². The molecule has 0 aliphatic carbocycles. The number of rotatable bonds is 3. The van der Waals surface area contributed by atoms with Crippen LogP contribution in [0.1, 0.15) is 50.0 Å². The van der Waals surface area contributed by atoms with Crippen LogP contribution >= 0.6 is 0 Å². The fourth-order valence-electron chi connectivity index (χ4n) is 3.72. The fraction of sp³-hybridized carbons (Fsp3) is 0.588. The Balaban J connectivity index is 1.66. The van der Waals surface area contributed by atoms with Gasteiger partial charge < -0.3 is 9.64 Å². The first-order valence-corrected chi connectivity index (χ1v) is 8.71. The van der Waals surface area contributed by atoms with Crippen molar-refractivity contribution in [3.8, 4) is 0 Å². The summed E-state index contributed by atoms with van der Waals surface area (Å²) in [6.07, 6.45) is 4.01. The van der Waals surface area contributed by atoms with Gasteiger partial charge in [0.15, 0.2) is 5.65 Å². The quantitative estimate of drug-likeness (QED) is 0.923. The first-order chi connectivity index (χ1) is 11.7. The molecule has 7 heteroatoms. The lowest BCUT2D eigenvalue weighted by Crippen LogP contribution is -2.38. The van der Waals surface area contributed by atoms with E-state index in [2.05, 4.69) is 10.1 Å². The number of aromatic nitrogens is 3. The zero-order valence-electron chi connectivity index (χ0n) is 13.8. The van der Waals surface area contributed by atoms with E-state index in [0.29, 0.717) is 12.3 Å². The van der Waals surface area contributed by atoms with Gasteiger partial charge in [0.05, 0.1) is 11.7 Å². The molecule has 0 aromatic carbocycles. The monoisotopic (exact) mass is 330 g/mol. The predicted molar refractivity (Wildman–Crippen MR) is 87.9 cm³/mol. The molecule has 1 amide bonds. The van der Waals surface area contributed by atoms with Crippen molar-refractivity contribution in [2.24, 2.45) is 0 Å². The van der Waals surface area contributed by atoms with Crippen molar-refractivity contribution in [2.45, 2.75) is 51.2 Å². The van der Waals surface area contributed by atoms with E-state index in [1.165, 1.54) is 4.52 Å². The van der Waals surface area contributed by atoms with Crippen molar-refractivity contribution in [1.82, 2.24) is 19.5 Å². The number of fused-ring (bicyclic) bond motifs is 1. The third-order valence-corrected chi connectivity index (χ3v) is 4.99. The summed E-state index contributed by atoms with van der Waals surface area (Å²) in [7, 11) is 0. The van der Waals surface area contributed by atoms with E-state index in [0.717, 1.165) is 50.0 Å². The average Bonchev–Trinajstić information content (AvgIpc) is 3.31. The van der Waals surface area contributed by atoms with Crippen LogP contribution in [-0.4, -0.2) is 44.7 Å². The number of ether oxygens (including phenoxy) is 1.